The average molecular weight is 485 g/mol. The molecule has 9 heteroatoms. The summed E-state index contributed by atoms with van der Waals surface area (Å²) in [5, 5.41) is 0.194. The Kier molecular flexibility index (Phi) is 6.70. The molecule has 0 saturated heterocycles. The summed E-state index contributed by atoms with van der Waals surface area (Å²) in [5.41, 5.74) is 8.24. The van der Waals surface area contributed by atoms with Gasteiger partial charge < -0.3 is 29.2 Å². The lowest BCUT2D eigenvalue weighted by atomic mass is 10.1. The summed E-state index contributed by atoms with van der Waals surface area (Å²) in [6, 6.07) is 12.1. The molecule has 1 aliphatic heterocycles. The van der Waals surface area contributed by atoms with E-state index in [0.717, 1.165) is 17.1 Å². The van der Waals surface area contributed by atoms with Crippen LogP contribution in [0.15, 0.2) is 42.5 Å². The highest BCUT2D eigenvalue weighted by molar-refractivity contribution is 6.33. The van der Waals surface area contributed by atoms with Crippen LogP contribution in [0.25, 0.3) is 0 Å². The number of nitrogens with two attached hydrogens (primary N) is 1. The van der Waals surface area contributed by atoms with Crippen molar-refractivity contribution in [1.82, 2.24) is 4.57 Å². The van der Waals surface area contributed by atoms with Crippen molar-refractivity contribution in [1.29, 1.82) is 0 Å². The lowest BCUT2D eigenvalue weighted by molar-refractivity contribution is 0.0471. The van der Waals surface area contributed by atoms with Gasteiger partial charge in [-0.25, -0.2) is 4.79 Å². The molecule has 1 atom stereocenters. The number of ketones is 1. The number of hydrogen-bond acceptors (Lipinski definition) is 7. The topological polar surface area (TPSA) is 102 Å². The Bertz CT molecular complexity index is 1250. The first-order valence-corrected chi connectivity index (χ1v) is 11.0. The second-order valence-corrected chi connectivity index (χ2v) is 8.37. The van der Waals surface area contributed by atoms with Crippen LogP contribution in [0, 0.1) is 13.8 Å². The number of esters is 1. The lowest BCUT2D eigenvalue weighted by Gasteiger charge is -2.27. The largest absolute Gasteiger partial charge is 0.496 e. The number of benzene rings is 2. The van der Waals surface area contributed by atoms with Gasteiger partial charge in [-0.1, -0.05) is 23.7 Å². The molecule has 178 valence electrons. The van der Waals surface area contributed by atoms with Crippen molar-refractivity contribution >= 4 is 29.0 Å². The van der Waals surface area contributed by atoms with Crippen LogP contribution >= 0.6 is 11.6 Å². The maximum atomic E-state index is 12.9. The van der Waals surface area contributed by atoms with Gasteiger partial charge in [-0.15, -0.1) is 0 Å². The molecule has 4 rings (SSSR count). The highest BCUT2D eigenvalue weighted by Gasteiger charge is 2.25. The van der Waals surface area contributed by atoms with Gasteiger partial charge in [0.2, 0.25) is 5.78 Å². The van der Waals surface area contributed by atoms with Gasteiger partial charge in [0, 0.05) is 23.0 Å². The van der Waals surface area contributed by atoms with Crippen LogP contribution in [0.5, 0.6) is 17.2 Å². The molecule has 2 N–H and O–H groups in total. The Morgan fingerprint density at radius 1 is 1.15 bits per heavy atom. The highest BCUT2D eigenvalue weighted by Crippen LogP contribution is 2.32. The number of Topliss-reactive ketones (excluding diaryl/α,β-unsaturated/α-hetero) is 1. The van der Waals surface area contributed by atoms with E-state index in [1.165, 1.54) is 19.2 Å². The van der Waals surface area contributed by atoms with Crippen molar-refractivity contribution in [2.24, 2.45) is 0 Å². The molecule has 0 spiro atoms. The molecule has 1 aliphatic rings. The molecule has 2 aromatic carbocycles. The zero-order valence-electron chi connectivity index (χ0n) is 19.1. The molecule has 0 saturated carbocycles. The average Bonchev–Trinajstić information content (AvgIpc) is 3.12. The van der Waals surface area contributed by atoms with Gasteiger partial charge in [-0.05, 0) is 38.1 Å². The number of aryl methyl sites for hydroxylation is 1. The van der Waals surface area contributed by atoms with E-state index in [1.54, 1.807) is 6.07 Å². The van der Waals surface area contributed by atoms with Gasteiger partial charge in [0.15, 0.2) is 24.2 Å². The highest BCUT2D eigenvalue weighted by atomic mass is 35.5. The fraction of sp³-hybridized carbons (Fsp3) is 0.280. The van der Waals surface area contributed by atoms with Crippen molar-refractivity contribution in [2.45, 2.75) is 26.5 Å². The SMILES string of the molecule is COc1cc(N)c(Cl)cc1C(=O)OCC(=O)c1cc(C)n(CC2COc3ccccc3O2)c1C. The van der Waals surface area contributed by atoms with E-state index in [1.807, 2.05) is 42.7 Å². The molecule has 3 aromatic rings. The standard InChI is InChI=1S/C25H25ClN2O6/c1-14-8-17(15(2)28(14)11-16-12-32-22-6-4-5-7-23(22)34-16)21(29)13-33-25(30)18-9-19(26)20(27)10-24(18)31-3/h4-10,16H,11-13,27H2,1-3H3. The van der Waals surface area contributed by atoms with Crippen molar-refractivity contribution in [2.75, 3.05) is 26.1 Å². The van der Waals surface area contributed by atoms with Gasteiger partial charge >= 0.3 is 5.97 Å². The van der Waals surface area contributed by atoms with E-state index in [9.17, 15) is 9.59 Å². The zero-order chi connectivity index (χ0) is 24.4. The number of carbonyl (C=O) groups is 2. The second kappa shape index (κ2) is 9.69. The summed E-state index contributed by atoms with van der Waals surface area (Å²) in [7, 11) is 1.40. The molecule has 0 aliphatic carbocycles. The Morgan fingerprint density at radius 3 is 2.62 bits per heavy atom. The summed E-state index contributed by atoms with van der Waals surface area (Å²) in [6.45, 7) is 4.25. The van der Waals surface area contributed by atoms with E-state index in [-0.39, 0.29) is 33.9 Å². The summed E-state index contributed by atoms with van der Waals surface area (Å²) < 4.78 is 24.3. The molecule has 0 amide bonds. The fourth-order valence-electron chi connectivity index (χ4n) is 3.91. The van der Waals surface area contributed by atoms with Crippen LogP contribution in [-0.4, -0.2) is 42.7 Å². The number of nitrogen functional groups attached to an aromatic ring is 1. The Morgan fingerprint density at radius 2 is 1.88 bits per heavy atom. The number of ether oxygens (including phenoxy) is 4. The Hall–Kier alpha value is -3.65. The maximum Gasteiger partial charge on any atom is 0.342 e. The number of halogens is 1. The van der Waals surface area contributed by atoms with Gasteiger partial charge in [-0.3, -0.25) is 4.79 Å². The van der Waals surface area contributed by atoms with Crippen molar-refractivity contribution in [3.05, 3.63) is 70.0 Å². The third kappa shape index (κ3) is 4.68. The van der Waals surface area contributed by atoms with Crippen LogP contribution in [0.1, 0.15) is 32.1 Å². The van der Waals surface area contributed by atoms with Gasteiger partial charge in [0.25, 0.3) is 0 Å². The third-order valence-electron chi connectivity index (χ3n) is 5.70. The normalized spacial score (nSPS) is 14.5. The minimum absolute atomic E-state index is 0.0923. The smallest absolute Gasteiger partial charge is 0.342 e. The predicted octanol–water partition coefficient (Wildman–Crippen LogP) is 4.23. The van der Waals surface area contributed by atoms with E-state index in [4.69, 9.17) is 36.3 Å². The predicted molar refractivity (Wildman–Crippen MR) is 127 cm³/mol. The molecule has 2 heterocycles. The fourth-order valence-corrected chi connectivity index (χ4v) is 4.07. The Labute approximate surface area is 202 Å². The first-order valence-electron chi connectivity index (χ1n) is 10.7. The summed E-state index contributed by atoms with van der Waals surface area (Å²) in [5.74, 6) is 0.583. The zero-order valence-corrected chi connectivity index (χ0v) is 19.8. The molecule has 1 unspecified atom stereocenters. The van der Waals surface area contributed by atoms with Crippen LogP contribution in [-0.2, 0) is 11.3 Å². The molecule has 1 aromatic heterocycles. The number of nitrogens with zero attached hydrogens (tertiary/aromatic N) is 1. The van der Waals surface area contributed by atoms with Gasteiger partial charge in [0.1, 0.15) is 17.9 Å². The van der Waals surface area contributed by atoms with Gasteiger partial charge in [0.05, 0.1) is 24.4 Å². The van der Waals surface area contributed by atoms with E-state index in [2.05, 4.69) is 0 Å². The minimum Gasteiger partial charge on any atom is -0.496 e. The van der Waals surface area contributed by atoms with Crippen molar-refractivity contribution in [3.63, 3.8) is 0 Å². The van der Waals surface area contributed by atoms with Crippen molar-refractivity contribution < 1.29 is 28.5 Å². The van der Waals surface area contributed by atoms with Crippen LogP contribution in [0.4, 0.5) is 5.69 Å². The molecular formula is C25H25ClN2O6. The number of carbonyl (C=O) groups excluding carboxylic acids is 2. The first-order chi connectivity index (χ1) is 16.3. The number of methoxy groups -OCH3 is 1. The quantitative estimate of drug-likeness (QED) is 0.304. The number of anilines is 1. The van der Waals surface area contributed by atoms with Crippen LogP contribution < -0.4 is 19.9 Å². The van der Waals surface area contributed by atoms with E-state index in [0.29, 0.717) is 24.5 Å². The summed E-state index contributed by atoms with van der Waals surface area (Å²) in [4.78, 5) is 25.4. The number of para-hydroxylation sites is 2. The van der Waals surface area contributed by atoms with Crippen molar-refractivity contribution in [3.8, 4) is 17.2 Å². The lowest BCUT2D eigenvalue weighted by Crippen LogP contribution is -2.33. The molecule has 34 heavy (non-hydrogen) atoms. The molecular weight excluding hydrogens is 460 g/mol. The van der Waals surface area contributed by atoms with Gasteiger partial charge in [-0.2, -0.15) is 0 Å². The van der Waals surface area contributed by atoms with Crippen LogP contribution in [0.2, 0.25) is 5.02 Å². The number of aromatic nitrogens is 1. The number of hydrogen-bond donors (Lipinski definition) is 1. The molecule has 0 radical (unpaired) electrons. The molecule has 0 fully saturated rings. The first kappa shape index (κ1) is 23.5. The maximum absolute atomic E-state index is 12.9. The molecule has 8 nitrogen and oxygen atoms in total. The Balaban J connectivity index is 1.43. The van der Waals surface area contributed by atoms with E-state index >= 15 is 0 Å². The second-order valence-electron chi connectivity index (χ2n) is 7.97. The number of fused-ring (bicyclic) bond motifs is 1. The minimum atomic E-state index is -0.729. The summed E-state index contributed by atoms with van der Waals surface area (Å²) >= 11 is 6.02. The monoisotopic (exact) mass is 484 g/mol. The van der Waals surface area contributed by atoms with E-state index < -0.39 is 12.6 Å². The third-order valence-corrected chi connectivity index (χ3v) is 6.03. The summed E-state index contributed by atoms with van der Waals surface area (Å²) in [6.07, 6.45) is -0.205. The number of rotatable bonds is 7. The molecule has 0 bridgehead atoms. The van der Waals surface area contributed by atoms with Crippen LogP contribution in [0.3, 0.4) is 0 Å².